The summed E-state index contributed by atoms with van der Waals surface area (Å²) in [5, 5.41) is 11.7. The number of rotatable bonds is 3. The molecule has 0 bridgehead atoms. The van der Waals surface area contributed by atoms with Gasteiger partial charge in [-0.3, -0.25) is 4.79 Å². The number of benzene rings is 1. The zero-order valence-electron chi connectivity index (χ0n) is 8.41. The molecule has 0 aliphatic heterocycles. The Morgan fingerprint density at radius 2 is 2.06 bits per heavy atom. The van der Waals surface area contributed by atoms with E-state index in [1.807, 2.05) is 0 Å². The van der Waals surface area contributed by atoms with Gasteiger partial charge in [0.15, 0.2) is 11.6 Å². The number of halogens is 2. The molecule has 1 fully saturated rings. The second-order valence-corrected chi connectivity index (χ2v) is 3.90. The number of carbonyl (C=O) groups is 1. The molecule has 2 unspecified atom stereocenters. The first-order valence-electron chi connectivity index (χ1n) is 5.02. The van der Waals surface area contributed by atoms with Crippen LogP contribution < -0.4 is 5.32 Å². The molecule has 1 aliphatic rings. The molecule has 2 rings (SSSR count). The first kappa shape index (κ1) is 10.9. The highest BCUT2D eigenvalue weighted by Gasteiger charge is 2.36. The van der Waals surface area contributed by atoms with E-state index in [1.165, 1.54) is 6.07 Å². The van der Waals surface area contributed by atoms with Gasteiger partial charge in [-0.1, -0.05) is 0 Å². The van der Waals surface area contributed by atoms with Crippen LogP contribution in [0.25, 0.3) is 0 Å². The molecule has 2 N–H and O–H groups in total. The first-order valence-corrected chi connectivity index (χ1v) is 5.02. The molecule has 0 amide bonds. The summed E-state index contributed by atoms with van der Waals surface area (Å²) in [6, 6.07) is 3.26. The maximum absolute atomic E-state index is 12.9. The smallest absolute Gasteiger partial charge is 0.308 e. The third-order valence-electron chi connectivity index (χ3n) is 2.86. The highest BCUT2D eigenvalue weighted by atomic mass is 19.2. The van der Waals surface area contributed by atoms with Crippen LogP contribution in [0.3, 0.4) is 0 Å². The molecule has 2 atom stereocenters. The number of nitrogens with one attached hydrogen (secondary N) is 1. The molecule has 0 radical (unpaired) electrons. The topological polar surface area (TPSA) is 49.3 Å². The molecule has 1 aromatic rings. The quantitative estimate of drug-likeness (QED) is 0.832. The van der Waals surface area contributed by atoms with Gasteiger partial charge in [-0.25, -0.2) is 8.78 Å². The van der Waals surface area contributed by atoms with Gasteiger partial charge in [-0.05, 0) is 25.0 Å². The lowest BCUT2D eigenvalue weighted by molar-refractivity contribution is -0.144. The molecule has 0 heterocycles. The molecule has 3 nitrogen and oxygen atoms in total. The minimum atomic E-state index is -0.934. The lowest BCUT2D eigenvalue weighted by Gasteiger charge is -2.34. The third kappa shape index (κ3) is 1.98. The molecule has 86 valence electrons. The van der Waals surface area contributed by atoms with Crippen molar-refractivity contribution in [2.75, 3.05) is 5.32 Å². The predicted molar refractivity (Wildman–Crippen MR) is 54.1 cm³/mol. The second kappa shape index (κ2) is 4.08. The maximum atomic E-state index is 12.9. The van der Waals surface area contributed by atoms with Crippen LogP contribution in [0.4, 0.5) is 14.5 Å². The molecular weight excluding hydrogens is 216 g/mol. The van der Waals surface area contributed by atoms with Crippen molar-refractivity contribution in [2.24, 2.45) is 5.92 Å². The van der Waals surface area contributed by atoms with Gasteiger partial charge in [0.2, 0.25) is 0 Å². The van der Waals surface area contributed by atoms with E-state index in [0.29, 0.717) is 12.1 Å². The standard InChI is InChI=1S/C11H11F2NO2/c12-8-3-1-6(5-9(8)13)14-10-4-2-7(10)11(15)16/h1,3,5,7,10,14H,2,4H2,(H,15,16). The van der Waals surface area contributed by atoms with Crippen molar-refractivity contribution in [3.05, 3.63) is 29.8 Å². The average molecular weight is 227 g/mol. The fraction of sp³-hybridized carbons (Fsp3) is 0.364. The van der Waals surface area contributed by atoms with Crippen molar-refractivity contribution in [2.45, 2.75) is 18.9 Å². The van der Waals surface area contributed by atoms with Crippen LogP contribution in [0, 0.1) is 17.6 Å². The van der Waals surface area contributed by atoms with E-state index in [-0.39, 0.29) is 6.04 Å². The molecule has 1 aromatic carbocycles. The Hall–Kier alpha value is -1.65. The van der Waals surface area contributed by atoms with Crippen LogP contribution in [0.1, 0.15) is 12.8 Å². The minimum Gasteiger partial charge on any atom is -0.481 e. The van der Waals surface area contributed by atoms with Gasteiger partial charge >= 0.3 is 5.97 Å². The fourth-order valence-corrected chi connectivity index (χ4v) is 1.77. The monoisotopic (exact) mass is 227 g/mol. The largest absolute Gasteiger partial charge is 0.481 e. The van der Waals surface area contributed by atoms with Gasteiger partial charge in [-0.2, -0.15) is 0 Å². The van der Waals surface area contributed by atoms with Gasteiger partial charge in [-0.15, -0.1) is 0 Å². The number of anilines is 1. The second-order valence-electron chi connectivity index (χ2n) is 3.90. The van der Waals surface area contributed by atoms with Gasteiger partial charge < -0.3 is 10.4 Å². The summed E-state index contributed by atoms with van der Waals surface area (Å²) in [5.41, 5.74) is 0.412. The number of hydrogen-bond donors (Lipinski definition) is 2. The van der Waals surface area contributed by atoms with E-state index in [4.69, 9.17) is 5.11 Å². The highest BCUT2D eigenvalue weighted by Crippen LogP contribution is 2.30. The predicted octanol–water partition coefficient (Wildman–Crippen LogP) is 2.24. The number of carboxylic acid groups (broad SMARTS) is 1. The molecule has 0 saturated heterocycles. The molecule has 1 aliphatic carbocycles. The van der Waals surface area contributed by atoms with E-state index < -0.39 is 23.5 Å². The lowest BCUT2D eigenvalue weighted by atomic mass is 9.79. The van der Waals surface area contributed by atoms with E-state index in [1.54, 1.807) is 0 Å². The van der Waals surface area contributed by atoms with Crippen LogP contribution in [-0.4, -0.2) is 17.1 Å². The summed E-state index contributed by atoms with van der Waals surface area (Å²) in [6.07, 6.45) is 1.35. The van der Waals surface area contributed by atoms with Crippen molar-refractivity contribution in [3.8, 4) is 0 Å². The SMILES string of the molecule is O=C(O)C1CCC1Nc1ccc(F)c(F)c1. The normalized spacial score (nSPS) is 23.6. The summed E-state index contributed by atoms with van der Waals surface area (Å²) in [4.78, 5) is 10.7. The zero-order valence-corrected chi connectivity index (χ0v) is 8.41. The number of hydrogen-bond acceptors (Lipinski definition) is 2. The van der Waals surface area contributed by atoms with Gasteiger partial charge in [0.25, 0.3) is 0 Å². The number of aliphatic carboxylic acids is 1. The van der Waals surface area contributed by atoms with Crippen molar-refractivity contribution in [1.29, 1.82) is 0 Å². The molecule has 5 heteroatoms. The Labute approximate surface area is 91.1 Å². The van der Waals surface area contributed by atoms with Gasteiger partial charge in [0.05, 0.1) is 5.92 Å². The van der Waals surface area contributed by atoms with Crippen molar-refractivity contribution < 1.29 is 18.7 Å². The molecule has 0 spiro atoms. The molecule has 0 aromatic heterocycles. The maximum Gasteiger partial charge on any atom is 0.308 e. The van der Waals surface area contributed by atoms with E-state index in [9.17, 15) is 13.6 Å². The number of carboxylic acids is 1. The molecular formula is C11H11F2NO2. The highest BCUT2D eigenvalue weighted by molar-refractivity contribution is 5.73. The molecule has 1 saturated carbocycles. The van der Waals surface area contributed by atoms with Crippen LogP contribution in [0.2, 0.25) is 0 Å². The van der Waals surface area contributed by atoms with Crippen molar-refractivity contribution in [3.63, 3.8) is 0 Å². The van der Waals surface area contributed by atoms with E-state index in [2.05, 4.69) is 5.32 Å². The van der Waals surface area contributed by atoms with Crippen LogP contribution in [0.15, 0.2) is 18.2 Å². The summed E-state index contributed by atoms with van der Waals surface area (Å²) in [5.74, 6) is -3.13. The summed E-state index contributed by atoms with van der Waals surface area (Å²) in [6.45, 7) is 0. The Bertz CT molecular complexity index is 422. The lowest BCUT2D eigenvalue weighted by Crippen LogP contribution is -2.43. The Morgan fingerprint density at radius 3 is 2.56 bits per heavy atom. The first-order chi connectivity index (χ1) is 7.58. The Morgan fingerprint density at radius 1 is 1.31 bits per heavy atom. The van der Waals surface area contributed by atoms with E-state index in [0.717, 1.165) is 18.6 Å². The van der Waals surface area contributed by atoms with Gasteiger partial charge in [0.1, 0.15) is 0 Å². The summed E-state index contributed by atoms with van der Waals surface area (Å²) < 4.78 is 25.5. The van der Waals surface area contributed by atoms with Crippen LogP contribution in [-0.2, 0) is 4.79 Å². The Balaban J connectivity index is 2.04. The third-order valence-corrected chi connectivity index (χ3v) is 2.86. The van der Waals surface area contributed by atoms with E-state index >= 15 is 0 Å². The minimum absolute atomic E-state index is 0.192. The van der Waals surface area contributed by atoms with Gasteiger partial charge in [0, 0.05) is 17.8 Å². The summed E-state index contributed by atoms with van der Waals surface area (Å²) >= 11 is 0. The summed E-state index contributed by atoms with van der Waals surface area (Å²) in [7, 11) is 0. The molecule has 16 heavy (non-hydrogen) atoms. The van der Waals surface area contributed by atoms with Crippen LogP contribution in [0.5, 0.6) is 0 Å². The van der Waals surface area contributed by atoms with Crippen molar-refractivity contribution >= 4 is 11.7 Å². The fourth-order valence-electron chi connectivity index (χ4n) is 1.77. The van der Waals surface area contributed by atoms with Crippen molar-refractivity contribution in [1.82, 2.24) is 0 Å². The zero-order chi connectivity index (χ0) is 11.7. The van der Waals surface area contributed by atoms with Crippen LogP contribution >= 0.6 is 0 Å². The Kier molecular flexibility index (Phi) is 2.77. The average Bonchev–Trinajstić information content (AvgIpc) is 2.17.